The molecule has 10 nitrogen and oxygen atoms in total. The lowest BCUT2D eigenvalue weighted by molar-refractivity contribution is -0.384. The first-order valence-electron chi connectivity index (χ1n) is 6.50. The zero-order chi connectivity index (χ0) is 17.1. The second kappa shape index (κ2) is 6.38. The van der Waals surface area contributed by atoms with E-state index >= 15 is 0 Å². The standard InChI is InChI=1S/C13H13N3O7/c1-22-12(18)7-3-9(16(20)21)11(14-5-7)15-6-8(4-10(15)17)13(19)23-2/h3,5,8H,4,6H2,1-2H3. The van der Waals surface area contributed by atoms with Crippen LogP contribution in [0.1, 0.15) is 16.8 Å². The number of pyridine rings is 1. The molecule has 23 heavy (non-hydrogen) atoms. The quantitative estimate of drug-likeness (QED) is 0.439. The molecule has 0 radical (unpaired) electrons. The summed E-state index contributed by atoms with van der Waals surface area (Å²) >= 11 is 0. The molecule has 1 atom stereocenters. The van der Waals surface area contributed by atoms with E-state index in [1.54, 1.807) is 0 Å². The molecule has 1 amide bonds. The summed E-state index contributed by atoms with van der Waals surface area (Å²) in [6.45, 7) is -0.0725. The van der Waals surface area contributed by atoms with Gasteiger partial charge in [0.25, 0.3) is 0 Å². The fourth-order valence-electron chi connectivity index (χ4n) is 2.25. The van der Waals surface area contributed by atoms with E-state index in [0.717, 1.165) is 24.3 Å². The largest absolute Gasteiger partial charge is 0.469 e. The highest BCUT2D eigenvalue weighted by molar-refractivity contribution is 6.00. The van der Waals surface area contributed by atoms with Gasteiger partial charge in [-0.25, -0.2) is 9.78 Å². The highest BCUT2D eigenvalue weighted by Gasteiger charge is 2.39. The number of ether oxygens (including phenoxy) is 2. The Morgan fingerprint density at radius 3 is 2.65 bits per heavy atom. The Morgan fingerprint density at radius 1 is 1.39 bits per heavy atom. The van der Waals surface area contributed by atoms with Crippen LogP contribution >= 0.6 is 0 Å². The van der Waals surface area contributed by atoms with E-state index in [-0.39, 0.29) is 24.3 Å². The monoisotopic (exact) mass is 323 g/mol. The molecule has 1 aromatic rings. The molecule has 1 unspecified atom stereocenters. The maximum absolute atomic E-state index is 12.0. The number of rotatable bonds is 4. The molecule has 0 N–H and O–H groups in total. The number of carbonyl (C=O) groups excluding carboxylic acids is 3. The van der Waals surface area contributed by atoms with Crippen molar-refractivity contribution in [3.8, 4) is 0 Å². The van der Waals surface area contributed by atoms with Crippen LogP contribution < -0.4 is 4.90 Å². The maximum Gasteiger partial charge on any atom is 0.339 e. The van der Waals surface area contributed by atoms with Gasteiger partial charge in [-0.05, 0) is 0 Å². The van der Waals surface area contributed by atoms with Crippen molar-refractivity contribution in [2.45, 2.75) is 6.42 Å². The molecule has 0 aromatic carbocycles. The van der Waals surface area contributed by atoms with Gasteiger partial charge >= 0.3 is 17.6 Å². The third kappa shape index (κ3) is 3.10. The van der Waals surface area contributed by atoms with Crippen LogP contribution in [-0.2, 0) is 19.1 Å². The molecule has 122 valence electrons. The molecule has 10 heteroatoms. The first-order valence-corrected chi connectivity index (χ1v) is 6.50. The molecular formula is C13H13N3O7. The van der Waals surface area contributed by atoms with Crippen molar-refractivity contribution < 1.29 is 28.8 Å². The Hall–Kier alpha value is -3.04. The van der Waals surface area contributed by atoms with Crippen LogP contribution in [0.5, 0.6) is 0 Å². The van der Waals surface area contributed by atoms with Gasteiger partial charge in [0, 0.05) is 25.2 Å². The second-order valence-corrected chi connectivity index (χ2v) is 4.74. The number of carbonyl (C=O) groups is 3. The molecule has 2 heterocycles. The maximum atomic E-state index is 12.0. The third-order valence-corrected chi connectivity index (χ3v) is 3.38. The number of hydrogen-bond donors (Lipinski definition) is 0. The zero-order valence-electron chi connectivity index (χ0n) is 12.3. The van der Waals surface area contributed by atoms with E-state index in [9.17, 15) is 24.5 Å². The molecule has 0 bridgehead atoms. The number of esters is 2. The molecule has 0 spiro atoms. The van der Waals surface area contributed by atoms with Crippen molar-refractivity contribution in [3.63, 3.8) is 0 Å². The molecular weight excluding hydrogens is 310 g/mol. The van der Waals surface area contributed by atoms with Gasteiger partial charge < -0.3 is 9.47 Å². The van der Waals surface area contributed by atoms with Crippen LogP contribution in [-0.4, -0.2) is 48.5 Å². The SMILES string of the molecule is COC(=O)c1cnc(N2CC(C(=O)OC)CC2=O)c([N+](=O)[O-])c1. The van der Waals surface area contributed by atoms with Crippen LogP contribution in [0.4, 0.5) is 11.5 Å². The molecule has 2 rings (SSSR count). The van der Waals surface area contributed by atoms with E-state index in [1.165, 1.54) is 7.11 Å². The Labute approximate surface area is 130 Å². The summed E-state index contributed by atoms with van der Waals surface area (Å²) in [6, 6.07) is 0.979. The van der Waals surface area contributed by atoms with Gasteiger partial charge in [0.2, 0.25) is 11.7 Å². The van der Waals surface area contributed by atoms with Gasteiger partial charge in [0.15, 0.2) is 0 Å². The lowest BCUT2D eigenvalue weighted by Gasteiger charge is -2.15. The lowest BCUT2D eigenvalue weighted by atomic mass is 10.1. The Kier molecular flexibility index (Phi) is 4.53. The third-order valence-electron chi connectivity index (χ3n) is 3.38. The van der Waals surface area contributed by atoms with Gasteiger partial charge in [-0.3, -0.25) is 24.6 Å². The fraction of sp³-hybridized carbons (Fsp3) is 0.385. The molecule has 1 saturated heterocycles. The van der Waals surface area contributed by atoms with Gasteiger partial charge in [-0.2, -0.15) is 0 Å². The Balaban J connectivity index is 2.39. The minimum atomic E-state index is -0.785. The van der Waals surface area contributed by atoms with Crippen molar-refractivity contribution >= 4 is 29.4 Å². The van der Waals surface area contributed by atoms with Gasteiger partial charge in [-0.1, -0.05) is 0 Å². The summed E-state index contributed by atoms with van der Waals surface area (Å²) in [5.74, 6) is -2.78. The fourth-order valence-corrected chi connectivity index (χ4v) is 2.25. The van der Waals surface area contributed by atoms with Crippen LogP contribution in [0.25, 0.3) is 0 Å². The first kappa shape index (κ1) is 16.3. The van der Waals surface area contributed by atoms with Crippen LogP contribution in [0.15, 0.2) is 12.3 Å². The van der Waals surface area contributed by atoms with E-state index in [1.807, 2.05) is 0 Å². The predicted molar refractivity (Wildman–Crippen MR) is 74.7 cm³/mol. The topological polar surface area (TPSA) is 129 Å². The number of amides is 1. The summed E-state index contributed by atoms with van der Waals surface area (Å²) in [6.07, 6.45) is 0.956. The molecule has 1 fully saturated rings. The summed E-state index contributed by atoms with van der Waals surface area (Å²) in [4.78, 5) is 50.3. The molecule has 1 aliphatic heterocycles. The van der Waals surface area contributed by atoms with E-state index in [2.05, 4.69) is 14.5 Å². The van der Waals surface area contributed by atoms with Crippen molar-refractivity contribution in [3.05, 3.63) is 27.9 Å². The Morgan fingerprint density at radius 2 is 2.09 bits per heavy atom. The molecule has 0 saturated carbocycles. The highest BCUT2D eigenvalue weighted by atomic mass is 16.6. The number of methoxy groups -OCH3 is 2. The van der Waals surface area contributed by atoms with Crippen molar-refractivity contribution in [1.82, 2.24) is 4.98 Å². The minimum Gasteiger partial charge on any atom is -0.469 e. The van der Waals surface area contributed by atoms with E-state index < -0.39 is 34.4 Å². The average molecular weight is 323 g/mol. The highest BCUT2D eigenvalue weighted by Crippen LogP contribution is 2.32. The summed E-state index contributed by atoms with van der Waals surface area (Å²) in [7, 11) is 2.33. The van der Waals surface area contributed by atoms with Crippen molar-refractivity contribution in [1.29, 1.82) is 0 Å². The summed E-state index contributed by atoms with van der Waals surface area (Å²) in [5.41, 5.74) is -0.633. The second-order valence-electron chi connectivity index (χ2n) is 4.74. The molecule has 0 aliphatic carbocycles. The predicted octanol–water partition coefficient (Wildman–Crippen LogP) is 0.302. The minimum absolute atomic E-state index is 0.0725. The van der Waals surface area contributed by atoms with E-state index in [4.69, 9.17) is 0 Å². The average Bonchev–Trinajstić information content (AvgIpc) is 2.94. The number of nitro groups is 1. The normalized spacial score (nSPS) is 17.0. The van der Waals surface area contributed by atoms with Crippen LogP contribution in [0.3, 0.4) is 0 Å². The summed E-state index contributed by atoms with van der Waals surface area (Å²) in [5, 5.41) is 11.2. The zero-order valence-corrected chi connectivity index (χ0v) is 12.3. The number of hydrogen-bond acceptors (Lipinski definition) is 8. The smallest absolute Gasteiger partial charge is 0.339 e. The summed E-state index contributed by atoms with van der Waals surface area (Å²) < 4.78 is 9.05. The Bertz CT molecular complexity index is 688. The van der Waals surface area contributed by atoms with E-state index in [0.29, 0.717) is 0 Å². The van der Waals surface area contributed by atoms with Crippen molar-refractivity contribution in [2.75, 3.05) is 25.7 Å². The van der Waals surface area contributed by atoms with Crippen LogP contribution in [0, 0.1) is 16.0 Å². The van der Waals surface area contributed by atoms with Crippen LogP contribution in [0.2, 0.25) is 0 Å². The number of aromatic nitrogens is 1. The lowest BCUT2D eigenvalue weighted by Crippen LogP contribution is -2.28. The van der Waals surface area contributed by atoms with Gasteiger partial charge in [0.1, 0.15) is 0 Å². The van der Waals surface area contributed by atoms with Gasteiger partial charge in [-0.15, -0.1) is 0 Å². The first-order chi connectivity index (χ1) is 10.9. The van der Waals surface area contributed by atoms with Gasteiger partial charge in [0.05, 0.1) is 30.6 Å². The number of anilines is 1. The molecule has 1 aromatic heterocycles. The van der Waals surface area contributed by atoms with Crippen molar-refractivity contribution in [2.24, 2.45) is 5.92 Å². The molecule has 1 aliphatic rings. The number of nitrogens with zero attached hydrogens (tertiary/aromatic N) is 3.